The molecule has 26 heavy (non-hydrogen) atoms. The van der Waals surface area contributed by atoms with Crippen LogP contribution in [0.3, 0.4) is 0 Å². The summed E-state index contributed by atoms with van der Waals surface area (Å²) in [5.74, 6) is 0.581. The number of anilines is 1. The van der Waals surface area contributed by atoms with Gasteiger partial charge in [0, 0.05) is 29.9 Å². The van der Waals surface area contributed by atoms with Crippen LogP contribution in [0.25, 0.3) is 0 Å². The Kier molecular flexibility index (Phi) is 5.89. The van der Waals surface area contributed by atoms with Crippen LogP contribution in [0.4, 0.5) is 5.69 Å². The molecule has 1 aliphatic heterocycles. The molecule has 0 aromatic heterocycles. The van der Waals surface area contributed by atoms with Crippen LogP contribution in [0.2, 0.25) is 0 Å². The van der Waals surface area contributed by atoms with Crippen molar-refractivity contribution in [3.63, 3.8) is 0 Å². The van der Waals surface area contributed by atoms with Crippen molar-refractivity contribution in [2.24, 2.45) is 0 Å². The Morgan fingerprint density at radius 3 is 2.00 bits per heavy atom. The van der Waals surface area contributed by atoms with Gasteiger partial charge in [-0.1, -0.05) is 12.8 Å². The largest absolute Gasteiger partial charge is 0.497 e. The molecule has 0 aliphatic carbocycles. The van der Waals surface area contributed by atoms with E-state index in [1.807, 2.05) is 4.90 Å². The highest BCUT2D eigenvalue weighted by molar-refractivity contribution is 6.04. The third-order valence-electron chi connectivity index (χ3n) is 4.64. The van der Waals surface area contributed by atoms with Crippen LogP contribution in [-0.2, 0) is 0 Å². The number of methoxy groups -OCH3 is 1. The Labute approximate surface area is 154 Å². The van der Waals surface area contributed by atoms with Crippen LogP contribution in [-0.4, -0.2) is 36.9 Å². The molecule has 0 bridgehead atoms. The van der Waals surface area contributed by atoms with Crippen LogP contribution in [0.5, 0.6) is 5.75 Å². The Balaban J connectivity index is 1.63. The zero-order chi connectivity index (χ0) is 18.4. The summed E-state index contributed by atoms with van der Waals surface area (Å²) in [6, 6.07) is 14.0. The van der Waals surface area contributed by atoms with Gasteiger partial charge in [0.1, 0.15) is 5.75 Å². The lowest BCUT2D eigenvalue weighted by molar-refractivity contribution is 0.0761. The predicted octanol–water partition coefficient (Wildman–Crippen LogP) is 3.96. The molecular formula is C21H24N2O3. The molecule has 0 radical (unpaired) electrons. The van der Waals surface area contributed by atoms with E-state index in [1.165, 1.54) is 12.8 Å². The molecule has 0 saturated carbocycles. The fourth-order valence-electron chi connectivity index (χ4n) is 3.10. The summed E-state index contributed by atoms with van der Waals surface area (Å²) in [6.07, 6.45) is 4.53. The van der Waals surface area contributed by atoms with Crippen molar-refractivity contribution in [3.8, 4) is 5.75 Å². The molecule has 5 nitrogen and oxygen atoms in total. The van der Waals surface area contributed by atoms with Gasteiger partial charge in [0.2, 0.25) is 0 Å². The smallest absolute Gasteiger partial charge is 0.255 e. The zero-order valence-electron chi connectivity index (χ0n) is 15.0. The van der Waals surface area contributed by atoms with E-state index in [4.69, 9.17) is 4.74 Å². The van der Waals surface area contributed by atoms with Gasteiger partial charge in [-0.25, -0.2) is 0 Å². The Bertz CT molecular complexity index is 746. The molecule has 1 heterocycles. The lowest BCUT2D eigenvalue weighted by atomic mass is 10.1. The van der Waals surface area contributed by atoms with E-state index in [-0.39, 0.29) is 11.8 Å². The molecular weight excluding hydrogens is 328 g/mol. The minimum atomic E-state index is -0.195. The molecule has 1 N–H and O–H groups in total. The van der Waals surface area contributed by atoms with Crippen molar-refractivity contribution >= 4 is 17.5 Å². The third-order valence-corrected chi connectivity index (χ3v) is 4.64. The Hall–Kier alpha value is -2.82. The second kappa shape index (κ2) is 8.52. The van der Waals surface area contributed by atoms with Crippen LogP contribution in [0.15, 0.2) is 48.5 Å². The van der Waals surface area contributed by atoms with Gasteiger partial charge in [-0.2, -0.15) is 0 Å². The Morgan fingerprint density at radius 1 is 0.846 bits per heavy atom. The second-order valence-corrected chi connectivity index (χ2v) is 6.47. The van der Waals surface area contributed by atoms with Gasteiger partial charge < -0.3 is 15.0 Å². The van der Waals surface area contributed by atoms with Crippen molar-refractivity contribution < 1.29 is 14.3 Å². The number of hydrogen-bond donors (Lipinski definition) is 1. The molecule has 1 fully saturated rings. The molecule has 0 spiro atoms. The molecule has 136 valence electrons. The van der Waals surface area contributed by atoms with Crippen molar-refractivity contribution in [2.75, 3.05) is 25.5 Å². The first-order valence-electron chi connectivity index (χ1n) is 9.02. The van der Waals surface area contributed by atoms with Gasteiger partial charge >= 0.3 is 0 Å². The van der Waals surface area contributed by atoms with Crippen molar-refractivity contribution in [1.29, 1.82) is 0 Å². The van der Waals surface area contributed by atoms with Gasteiger partial charge in [0.25, 0.3) is 11.8 Å². The molecule has 2 amide bonds. The summed E-state index contributed by atoms with van der Waals surface area (Å²) in [5, 5.41) is 2.85. The number of ether oxygens (including phenoxy) is 1. The number of benzene rings is 2. The summed E-state index contributed by atoms with van der Waals surface area (Å²) in [7, 11) is 1.59. The predicted molar refractivity (Wildman–Crippen MR) is 102 cm³/mol. The fraction of sp³-hybridized carbons (Fsp3) is 0.333. The molecule has 1 aliphatic rings. The van der Waals surface area contributed by atoms with Crippen molar-refractivity contribution in [3.05, 3.63) is 59.7 Å². The fourth-order valence-corrected chi connectivity index (χ4v) is 3.10. The maximum Gasteiger partial charge on any atom is 0.255 e. The number of carbonyl (C=O) groups is 2. The average molecular weight is 352 g/mol. The first-order chi connectivity index (χ1) is 12.7. The van der Waals surface area contributed by atoms with E-state index >= 15 is 0 Å². The van der Waals surface area contributed by atoms with Crippen LogP contribution in [0, 0.1) is 0 Å². The summed E-state index contributed by atoms with van der Waals surface area (Å²) in [4.78, 5) is 26.8. The van der Waals surface area contributed by atoms with E-state index < -0.39 is 0 Å². The summed E-state index contributed by atoms with van der Waals surface area (Å²) >= 11 is 0. The number of carbonyl (C=O) groups excluding carboxylic acids is 2. The normalized spacial score (nSPS) is 14.4. The number of nitrogens with one attached hydrogen (secondary N) is 1. The molecule has 1 saturated heterocycles. The number of amides is 2. The van der Waals surface area contributed by atoms with Crippen LogP contribution < -0.4 is 10.1 Å². The van der Waals surface area contributed by atoms with Crippen LogP contribution >= 0.6 is 0 Å². The molecule has 2 aromatic carbocycles. The van der Waals surface area contributed by atoms with E-state index in [0.29, 0.717) is 22.6 Å². The maximum atomic E-state index is 12.6. The third kappa shape index (κ3) is 4.42. The van der Waals surface area contributed by atoms with E-state index in [0.717, 1.165) is 25.9 Å². The van der Waals surface area contributed by atoms with Gasteiger partial charge in [0.05, 0.1) is 7.11 Å². The van der Waals surface area contributed by atoms with Gasteiger partial charge in [0.15, 0.2) is 0 Å². The number of hydrogen-bond acceptors (Lipinski definition) is 3. The Morgan fingerprint density at radius 2 is 1.42 bits per heavy atom. The average Bonchev–Trinajstić information content (AvgIpc) is 2.97. The molecule has 0 unspecified atom stereocenters. The highest BCUT2D eigenvalue weighted by atomic mass is 16.5. The molecule has 5 heteroatoms. The number of likely N-dealkylation sites (tertiary alicyclic amines) is 1. The second-order valence-electron chi connectivity index (χ2n) is 6.47. The molecule has 2 aromatic rings. The first kappa shape index (κ1) is 18.0. The minimum absolute atomic E-state index is 0.0694. The topological polar surface area (TPSA) is 58.6 Å². The monoisotopic (exact) mass is 352 g/mol. The van der Waals surface area contributed by atoms with E-state index in [1.54, 1.807) is 55.6 Å². The maximum absolute atomic E-state index is 12.6. The van der Waals surface area contributed by atoms with Crippen LogP contribution in [0.1, 0.15) is 46.4 Å². The summed E-state index contributed by atoms with van der Waals surface area (Å²) in [5.41, 5.74) is 1.88. The molecule has 3 rings (SSSR count). The quantitative estimate of drug-likeness (QED) is 0.906. The van der Waals surface area contributed by atoms with Gasteiger partial charge in [-0.05, 0) is 61.4 Å². The zero-order valence-corrected chi connectivity index (χ0v) is 15.0. The lowest BCUT2D eigenvalue weighted by Gasteiger charge is -2.20. The lowest BCUT2D eigenvalue weighted by Crippen LogP contribution is -2.31. The minimum Gasteiger partial charge on any atom is -0.497 e. The van der Waals surface area contributed by atoms with E-state index in [9.17, 15) is 9.59 Å². The van der Waals surface area contributed by atoms with Crippen molar-refractivity contribution in [2.45, 2.75) is 25.7 Å². The van der Waals surface area contributed by atoms with Gasteiger partial charge in [-0.15, -0.1) is 0 Å². The SMILES string of the molecule is COc1ccc(C(=O)Nc2ccc(C(=O)N3CCCCCC3)cc2)cc1. The van der Waals surface area contributed by atoms with E-state index in [2.05, 4.69) is 5.32 Å². The van der Waals surface area contributed by atoms with Gasteiger partial charge in [-0.3, -0.25) is 9.59 Å². The first-order valence-corrected chi connectivity index (χ1v) is 9.02. The highest BCUT2D eigenvalue weighted by Gasteiger charge is 2.17. The summed E-state index contributed by atoms with van der Waals surface area (Å²) in [6.45, 7) is 1.66. The molecule has 0 atom stereocenters. The number of rotatable bonds is 4. The summed E-state index contributed by atoms with van der Waals surface area (Å²) < 4.78 is 5.09. The standard InChI is InChI=1S/C21H24N2O3/c1-26-19-12-8-16(9-13-19)20(24)22-18-10-6-17(7-11-18)21(25)23-14-4-2-3-5-15-23/h6-13H,2-5,14-15H2,1H3,(H,22,24). The van der Waals surface area contributed by atoms with Crippen molar-refractivity contribution in [1.82, 2.24) is 4.90 Å². The number of nitrogens with zero attached hydrogens (tertiary/aromatic N) is 1. The highest BCUT2D eigenvalue weighted by Crippen LogP contribution is 2.17.